The minimum absolute atomic E-state index is 0.0411. The van der Waals surface area contributed by atoms with E-state index in [1.165, 1.54) is 6.26 Å². The summed E-state index contributed by atoms with van der Waals surface area (Å²) in [6, 6.07) is 7.86. The van der Waals surface area contributed by atoms with Crippen LogP contribution >= 0.6 is 0 Å². The first-order valence-corrected chi connectivity index (χ1v) is 6.04. The molecule has 0 radical (unpaired) electrons. The van der Waals surface area contributed by atoms with Gasteiger partial charge in [-0.3, -0.25) is 0 Å². The van der Waals surface area contributed by atoms with Crippen molar-refractivity contribution < 1.29 is 19.5 Å². The van der Waals surface area contributed by atoms with Gasteiger partial charge >= 0.3 is 7.12 Å². The SMILES string of the molecule is CC(C)Cc1ccccc1C1OC=C(B(O)O)O1. The summed E-state index contributed by atoms with van der Waals surface area (Å²) in [5, 5.41) is 18.0. The summed E-state index contributed by atoms with van der Waals surface area (Å²) in [6.07, 6.45) is 1.59. The smallest absolute Gasteiger partial charge is 0.456 e. The van der Waals surface area contributed by atoms with Crippen molar-refractivity contribution in [2.75, 3.05) is 0 Å². The largest absolute Gasteiger partial charge is 0.529 e. The summed E-state index contributed by atoms with van der Waals surface area (Å²) >= 11 is 0. The van der Waals surface area contributed by atoms with E-state index in [-0.39, 0.29) is 5.66 Å². The molecule has 1 atom stereocenters. The van der Waals surface area contributed by atoms with Crippen molar-refractivity contribution in [3.8, 4) is 0 Å². The monoisotopic (exact) mass is 248 g/mol. The molecule has 0 spiro atoms. The van der Waals surface area contributed by atoms with Crippen LogP contribution in [-0.4, -0.2) is 17.2 Å². The van der Waals surface area contributed by atoms with E-state index < -0.39 is 13.4 Å². The van der Waals surface area contributed by atoms with Crippen molar-refractivity contribution in [3.05, 3.63) is 47.3 Å². The summed E-state index contributed by atoms with van der Waals surface area (Å²) in [5.74, 6) is 0.531. The fourth-order valence-corrected chi connectivity index (χ4v) is 1.96. The number of rotatable bonds is 4. The van der Waals surface area contributed by atoms with Gasteiger partial charge in [0.05, 0.1) is 0 Å². The van der Waals surface area contributed by atoms with Gasteiger partial charge in [0.2, 0.25) is 0 Å². The van der Waals surface area contributed by atoms with Crippen LogP contribution in [0.3, 0.4) is 0 Å². The zero-order chi connectivity index (χ0) is 13.1. The van der Waals surface area contributed by atoms with Crippen molar-refractivity contribution in [3.63, 3.8) is 0 Å². The summed E-state index contributed by atoms with van der Waals surface area (Å²) in [4.78, 5) is 0. The third-order valence-electron chi connectivity index (χ3n) is 2.74. The van der Waals surface area contributed by atoms with Crippen LogP contribution in [0.4, 0.5) is 0 Å². The van der Waals surface area contributed by atoms with Crippen molar-refractivity contribution >= 4 is 7.12 Å². The van der Waals surface area contributed by atoms with Crippen LogP contribution in [0.15, 0.2) is 36.2 Å². The average Bonchev–Trinajstić information content (AvgIpc) is 2.78. The maximum atomic E-state index is 9.01. The van der Waals surface area contributed by atoms with Gasteiger partial charge in [-0.25, -0.2) is 0 Å². The highest BCUT2D eigenvalue weighted by molar-refractivity contribution is 6.49. The zero-order valence-electron chi connectivity index (χ0n) is 10.5. The molecule has 1 aromatic rings. The maximum Gasteiger partial charge on any atom is 0.529 e. The van der Waals surface area contributed by atoms with E-state index >= 15 is 0 Å². The molecule has 0 aromatic heterocycles. The highest BCUT2D eigenvalue weighted by Gasteiger charge is 2.30. The molecule has 0 aliphatic carbocycles. The molecule has 2 N–H and O–H groups in total. The number of benzene rings is 1. The first-order chi connectivity index (χ1) is 8.58. The van der Waals surface area contributed by atoms with Crippen LogP contribution in [0.25, 0.3) is 0 Å². The lowest BCUT2D eigenvalue weighted by Gasteiger charge is -2.17. The van der Waals surface area contributed by atoms with Crippen molar-refractivity contribution in [1.29, 1.82) is 0 Å². The molecular weight excluding hydrogens is 231 g/mol. The Hall–Kier alpha value is -1.46. The highest BCUT2D eigenvalue weighted by Crippen LogP contribution is 2.31. The van der Waals surface area contributed by atoms with Gasteiger partial charge in [0.1, 0.15) is 6.26 Å². The molecular formula is C13H17BO4. The van der Waals surface area contributed by atoms with Crippen LogP contribution in [0.1, 0.15) is 31.3 Å². The van der Waals surface area contributed by atoms with Crippen LogP contribution < -0.4 is 0 Å². The van der Waals surface area contributed by atoms with Crippen LogP contribution in [0.2, 0.25) is 0 Å². The van der Waals surface area contributed by atoms with Gasteiger partial charge in [0.15, 0.2) is 5.66 Å². The second-order valence-electron chi connectivity index (χ2n) is 4.78. The van der Waals surface area contributed by atoms with E-state index in [9.17, 15) is 0 Å². The number of ether oxygens (including phenoxy) is 2. The highest BCUT2D eigenvalue weighted by atomic mass is 16.7. The molecule has 5 heteroatoms. The lowest BCUT2D eigenvalue weighted by molar-refractivity contribution is -0.0314. The molecule has 2 rings (SSSR count). The minimum Gasteiger partial charge on any atom is -0.456 e. The maximum absolute atomic E-state index is 9.01. The molecule has 1 aliphatic heterocycles. The van der Waals surface area contributed by atoms with Crippen molar-refractivity contribution in [2.24, 2.45) is 5.92 Å². The van der Waals surface area contributed by atoms with E-state index in [2.05, 4.69) is 13.8 Å². The Labute approximate surface area is 107 Å². The van der Waals surface area contributed by atoms with Gasteiger partial charge in [-0.05, 0) is 17.9 Å². The first-order valence-electron chi connectivity index (χ1n) is 6.04. The summed E-state index contributed by atoms with van der Waals surface area (Å²) in [5.41, 5.74) is 2.12. The Balaban J connectivity index is 2.15. The third kappa shape index (κ3) is 2.86. The molecule has 18 heavy (non-hydrogen) atoms. The predicted octanol–water partition coefficient (Wildman–Crippen LogP) is 1.78. The predicted molar refractivity (Wildman–Crippen MR) is 68.2 cm³/mol. The van der Waals surface area contributed by atoms with Crippen molar-refractivity contribution in [1.82, 2.24) is 0 Å². The van der Waals surface area contributed by atoms with E-state index in [4.69, 9.17) is 19.5 Å². The van der Waals surface area contributed by atoms with E-state index in [0.29, 0.717) is 5.92 Å². The minimum atomic E-state index is -1.63. The fraction of sp³-hybridized carbons (Fsp3) is 0.385. The Morgan fingerprint density at radius 2 is 2.00 bits per heavy atom. The molecule has 1 aromatic carbocycles. The Morgan fingerprint density at radius 1 is 1.28 bits per heavy atom. The molecule has 1 heterocycles. The molecule has 0 saturated carbocycles. The molecule has 0 bridgehead atoms. The van der Waals surface area contributed by atoms with Gasteiger partial charge in [-0.2, -0.15) is 0 Å². The Kier molecular flexibility index (Phi) is 3.94. The Morgan fingerprint density at radius 3 is 2.61 bits per heavy atom. The van der Waals surface area contributed by atoms with Gasteiger partial charge in [0, 0.05) is 5.56 Å². The number of hydrogen-bond acceptors (Lipinski definition) is 4. The molecule has 1 unspecified atom stereocenters. The standard InChI is InChI=1S/C13H17BO4/c1-9(2)7-10-5-3-4-6-11(10)13-17-8-12(18-13)14(15)16/h3-6,8-9,13,15-16H,7H2,1-2H3. The summed E-state index contributed by atoms with van der Waals surface area (Å²) < 4.78 is 10.7. The van der Waals surface area contributed by atoms with Crippen molar-refractivity contribution in [2.45, 2.75) is 26.6 Å². The molecule has 96 valence electrons. The first kappa shape index (κ1) is 13.0. The van der Waals surface area contributed by atoms with Crippen LogP contribution in [0, 0.1) is 5.92 Å². The molecule has 4 nitrogen and oxygen atoms in total. The average molecular weight is 248 g/mol. The van der Waals surface area contributed by atoms with E-state index in [1.807, 2.05) is 24.3 Å². The fourth-order valence-electron chi connectivity index (χ4n) is 1.96. The molecule has 0 amide bonds. The zero-order valence-corrected chi connectivity index (χ0v) is 10.5. The third-order valence-corrected chi connectivity index (χ3v) is 2.74. The lowest BCUT2D eigenvalue weighted by Crippen LogP contribution is -2.16. The second kappa shape index (κ2) is 5.46. The lowest BCUT2D eigenvalue weighted by atomic mass is 9.89. The summed E-state index contributed by atoms with van der Waals surface area (Å²) in [7, 11) is -1.63. The van der Waals surface area contributed by atoms with Crippen LogP contribution in [0.5, 0.6) is 0 Å². The second-order valence-corrected chi connectivity index (χ2v) is 4.78. The molecule has 1 aliphatic rings. The number of hydrogen-bond donors (Lipinski definition) is 2. The summed E-state index contributed by atoms with van der Waals surface area (Å²) in [6.45, 7) is 4.29. The van der Waals surface area contributed by atoms with Gasteiger partial charge in [-0.1, -0.05) is 38.1 Å². The Bertz CT molecular complexity index is 442. The topological polar surface area (TPSA) is 58.9 Å². The normalized spacial score (nSPS) is 18.3. The van der Waals surface area contributed by atoms with E-state index in [1.54, 1.807) is 0 Å². The quantitative estimate of drug-likeness (QED) is 0.797. The molecule has 0 fully saturated rings. The van der Waals surface area contributed by atoms with E-state index in [0.717, 1.165) is 17.5 Å². The van der Waals surface area contributed by atoms with Gasteiger partial charge in [-0.15, -0.1) is 0 Å². The molecule has 0 saturated heterocycles. The van der Waals surface area contributed by atoms with Crippen LogP contribution in [-0.2, 0) is 15.9 Å². The van der Waals surface area contributed by atoms with Gasteiger partial charge < -0.3 is 19.5 Å². The van der Waals surface area contributed by atoms with Gasteiger partial charge in [0.25, 0.3) is 6.29 Å².